The van der Waals surface area contributed by atoms with Crippen LogP contribution in [0.3, 0.4) is 0 Å². The van der Waals surface area contributed by atoms with Crippen molar-refractivity contribution in [2.75, 3.05) is 42.5 Å². The average Bonchev–Trinajstić information content (AvgIpc) is 3.09. The number of hydrogen-bond acceptors (Lipinski definition) is 3. The van der Waals surface area contributed by atoms with Crippen LogP contribution in [0, 0.1) is 0 Å². The van der Waals surface area contributed by atoms with Crippen molar-refractivity contribution in [2.24, 2.45) is 0 Å². The maximum absolute atomic E-state index is 12.7. The Balaban J connectivity index is 1.31. The number of hydrogen-bond donors (Lipinski definition) is 1. The van der Waals surface area contributed by atoms with Crippen LogP contribution in [0.4, 0.5) is 16.2 Å². The Morgan fingerprint density at radius 1 is 0.966 bits per heavy atom. The molecule has 6 nitrogen and oxygen atoms in total. The van der Waals surface area contributed by atoms with Gasteiger partial charge in [0.25, 0.3) is 0 Å². The minimum atomic E-state index is -0.202. The Labute approximate surface area is 180 Å². The quantitative estimate of drug-likeness (QED) is 0.805. The van der Waals surface area contributed by atoms with Crippen LogP contribution in [-0.2, 0) is 4.79 Å². The van der Waals surface area contributed by atoms with E-state index in [9.17, 15) is 9.59 Å². The van der Waals surface area contributed by atoms with E-state index in [0.29, 0.717) is 31.1 Å². The van der Waals surface area contributed by atoms with Crippen molar-refractivity contribution in [3.63, 3.8) is 0 Å². The summed E-state index contributed by atoms with van der Waals surface area (Å²) in [6, 6.07) is 14.6. The molecule has 1 unspecified atom stereocenters. The lowest BCUT2D eigenvalue weighted by Gasteiger charge is -2.36. The highest BCUT2D eigenvalue weighted by Crippen LogP contribution is 2.26. The summed E-state index contributed by atoms with van der Waals surface area (Å²) in [5.74, 6) is 0.00108. The van der Waals surface area contributed by atoms with E-state index in [4.69, 9.17) is 23.2 Å². The minimum Gasteiger partial charge on any atom is -0.367 e. The van der Waals surface area contributed by atoms with Crippen LogP contribution < -0.4 is 15.1 Å². The topological polar surface area (TPSA) is 55.9 Å². The summed E-state index contributed by atoms with van der Waals surface area (Å²) in [5.41, 5.74) is 1.79. The highest BCUT2D eigenvalue weighted by molar-refractivity contribution is 6.33. The minimum absolute atomic E-state index is 0.00108. The summed E-state index contributed by atoms with van der Waals surface area (Å²) in [6.45, 7) is 3.12. The van der Waals surface area contributed by atoms with Crippen LogP contribution >= 0.6 is 23.2 Å². The fraction of sp³-hybridized carbons (Fsp3) is 0.333. The van der Waals surface area contributed by atoms with Gasteiger partial charge in [-0.05, 0) is 36.4 Å². The molecular weight excluding hydrogens is 411 g/mol. The van der Waals surface area contributed by atoms with E-state index in [1.165, 1.54) is 0 Å². The number of nitrogens with one attached hydrogen (secondary N) is 1. The van der Waals surface area contributed by atoms with E-state index in [1.807, 2.05) is 36.4 Å². The third kappa shape index (κ3) is 4.43. The van der Waals surface area contributed by atoms with Crippen molar-refractivity contribution in [3.8, 4) is 0 Å². The molecule has 2 aromatic carbocycles. The van der Waals surface area contributed by atoms with Crippen LogP contribution in [0.5, 0.6) is 0 Å². The van der Waals surface area contributed by atoms with Gasteiger partial charge in [-0.2, -0.15) is 0 Å². The van der Waals surface area contributed by atoms with E-state index in [2.05, 4.69) is 10.2 Å². The predicted octanol–water partition coefficient (Wildman–Crippen LogP) is 3.63. The zero-order valence-corrected chi connectivity index (χ0v) is 17.4. The molecule has 29 heavy (non-hydrogen) atoms. The lowest BCUT2D eigenvalue weighted by atomic mass is 10.2. The number of urea groups is 1. The molecular formula is C21H22Cl2N4O2. The van der Waals surface area contributed by atoms with Crippen LogP contribution in [0.15, 0.2) is 48.5 Å². The van der Waals surface area contributed by atoms with Crippen LogP contribution in [0.2, 0.25) is 10.0 Å². The third-order valence-corrected chi connectivity index (χ3v) is 5.92. The lowest BCUT2D eigenvalue weighted by Crippen LogP contribution is -2.54. The van der Waals surface area contributed by atoms with Crippen molar-refractivity contribution in [1.29, 1.82) is 0 Å². The summed E-state index contributed by atoms with van der Waals surface area (Å²) in [4.78, 5) is 30.7. The molecule has 0 aromatic heterocycles. The first kappa shape index (κ1) is 19.9. The normalized spacial score (nSPS) is 19.6. The second-order valence-corrected chi connectivity index (χ2v) is 8.10. The highest BCUT2D eigenvalue weighted by atomic mass is 35.5. The van der Waals surface area contributed by atoms with Crippen LogP contribution in [-0.4, -0.2) is 55.6 Å². The van der Waals surface area contributed by atoms with E-state index < -0.39 is 0 Å². The Morgan fingerprint density at radius 3 is 2.34 bits per heavy atom. The van der Waals surface area contributed by atoms with Crippen LogP contribution in [0.25, 0.3) is 0 Å². The molecule has 2 fully saturated rings. The average molecular weight is 433 g/mol. The standard InChI is InChI=1S/C21H22Cl2N4O2/c22-15-5-7-17(8-6-15)27-14-16(13-20(27)28)24-21(29)26-11-9-25(10-12-26)19-4-2-1-3-18(19)23/h1-8,16H,9-14H2,(H,24,29). The van der Waals surface area contributed by atoms with E-state index in [-0.39, 0.29) is 18.0 Å². The molecule has 4 rings (SSSR count). The van der Waals surface area contributed by atoms with Gasteiger partial charge >= 0.3 is 6.03 Å². The number of carbonyl (C=O) groups excluding carboxylic acids is 2. The maximum Gasteiger partial charge on any atom is 0.317 e. The first-order valence-corrected chi connectivity index (χ1v) is 10.4. The van der Waals surface area contributed by atoms with Gasteiger partial charge in [0.1, 0.15) is 0 Å². The Morgan fingerprint density at radius 2 is 1.66 bits per heavy atom. The molecule has 0 bridgehead atoms. The zero-order chi connectivity index (χ0) is 20.4. The molecule has 3 amide bonds. The Kier molecular flexibility index (Phi) is 5.83. The monoisotopic (exact) mass is 432 g/mol. The van der Waals surface area contributed by atoms with E-state index in [1.54, 1.807) is 21.9 Å². The Hall–Kier alpha value is -2.44. The molecule has 152 valence electrons. The molecule has 1 N–H and O–H groups in total. The molecule has 8 heteroatoms. The van der Waals surface area contributed by atoms with Crippen molar-refractivity contribution in [1.82, 2.24) is 10.2 Å². The summed E-state index contributed by atoms with van der Waals surface area (Å²) < 4.78 is 0. The summed E-state index contributed by atoms with van der Waals surface area (Å²) in [5, 5.41) is 4.36. The molecule has 0 aliphatic carbocycles. The Bertz CT molecular complexity index is 898. The van der Waals surface area contributed by atoms with Crippen molar-refractivity contribution >= 4 is 46.5 Å². The molecule has 2 aromatic rings. The second-order valence-electron chi connectivity index (χ2n) is 7.26. The molecule has 2 saturated heterocycles. The fourth-order valence-electron chi connectivity index (χ4n) is 3.80. The number of anilines is 2. The lowest BCUT2D eigenvalue weighted by molar-refractivity contribution is -0.117. The van der Waals surface area contributed by atoms with Crippen molar-refractivity contribution < 1.29 is 9.59 Å². The number of rotatable bonds is 3. The number of benzene rings is 2. The number of halogens is 2. The molecule has 2 aliphatic rings. The molecule has 1 atom stereocenters. The van der Waals surface area contributed by atoms with Gasteiger partial charge in [0.2, 0.25) is 5.91 Å². The van der Waals surface area contributed by atoms with Gasteiger partial charge in [-0.1, -0.05) is 35.3 Å². The van der Waals surface area contributed by atoms with E-state index in [0.717, 1.165) is 29.5 Å². The number of amides is 3. The van der Waals surface area contributed by atoms with Gasteiger partial charge in [0.15, 0.2) is 0 Å². The third-order valence-electron chi connectivity index (χ3n) is 5.35. The first-order chi connectivity index (χ1) is 14.0. The van der Waals surface area contributed by atoms with Gasteiger partial charge < -0.3 is 20.0 Å². The highest BCUT2D eigenvalue weighted by Gasteiger charge is 2.33. The number of nitrogens with zero attached hydrogens (tertiary/aromatic N) is 3. The van der Waals surface area contributed by atoms with Gasteiger partial charge in [-0.25, -0.2) is 4.79 Å². The maximum atomic E-state index is 12.7. The summed E-state index contributed by atoms with van der Waals surface area (Å²) >= 11 is 12.2. The van der Waals surface area contributed by atoms with Crippen molar-refractivity contribution in [3.05, 3.63) is 58.6 Å². The molecule has 2 heterocycles. The summed E-state index contributed by atoms with van der Waals surface area (Å²) in [7, 11) is 0. The smallest absolute Gasteiger partial charge is 0.317 e. The first-order valence-electron chi connectivity index (χ1n) is 9.62. The second kappa shape index (κ2) is 8.51. The molecule has 2 aliphatic heterocycles. The van der Waals surface area contributed by atoms with Crippen LogP contribution in [0.1, 0.15) is 6.42 Å². The van der Waals surface area contributed by atoms with E-state index >= 15 is 0 Å². The predicted molar refractivity (Wildman–Crippen MR) is 116 cm³/mol. The van der Waals surface area contributed by atoms with Gasteiger partial charge in [-0.15, -0.1) is 0 Å². The van der Waals surface area contributed by atoms with Gasteiger partial charge in [0, 0.05) is 49.9 Å². The number of piperazine rings is 1. The SMILES string of the molecule is O=C(NC1CC(=O)N(c2ccc(Cl)cc2)C1)N1CCN(c2ccccc2Cl)CC1. The zero-order valence-electron chi connectivity index (χ0n) is 15.9. The van der Waals surface area contributed by atoms with Crippen molar-refractivity contribution in [2.45, 2.75) is 12.5 Å². The number of para-hydroxylation sites is 1. The molecule has 0 saturated carbocycles. The summed E-state index contributed by atoms with van der Waals surface area (Å²) in [6.07, 6.45) is 0.300. The largest absolute Gasteiger partial charge is 0.367 e. The van der Waals surface area contributed by atoms with Gasteiger partial charge in [-0.3, -0.25) is 4.79 Å². The fourth-order valence-corrected chi connectivity index (χ4v) is 4.18. The molecule has 0 spiro atoms. The van der Waals surface area contributed by atoms with Gasteiger partial charge in [0.05, 0.1) is 16.8 Å². The molecule has 0 radical (unpaired) electrons. The number of carbonyl (C=O) groups is 2.